The largest absolute Gasteiger partial charge is 0.340 e. The van der Waals surface area contributed by atoms with E-state index in [2.05, 4.69) is 33.2 Å². The van der Waals surface area contributed by atoms with Crippen molar-refractivity contribution >= 4 is 32.6 Å². The Hall–Kier alpha value is -2.31. The number of thiazole rings is 1. The average Bonchev–Trinajstić information content (AvgIpc) is 3.02. The third kappa shape index (κ3) is 4.51. The van der Waals surface area contributed by atoms with E-state index < -0.39 is 0 Å². The van der Waals surface area contributed by atoms with Gasteiger partial charge in [-0.2, -0.15) is 0 Å². The fourth-order valence-corrected chi connectivity index (χ4v) is 4.26. The average molecular weight is 387 g/mol. The number of anilines is 1. The second kappa shape index (κ2) is 8.15. The summed E-state index contributed by atoms with van der Waals surface area (Å²) in [5, 5.41) is 0.696. The molecule has 0 aliphatic rings. The van der Waals surface area contributed by atoms with E-state index >= 15 is 0 Å². The Kier molecular flexibility index (Phi) is 5.87. The maximum Gasteiger partial charge on any atom is 0.260 e. The molecule has 0 saturated carbocycles. The Bertz CT molecular complexity index is 950. The second-order valence-electron chi connectivity index (χ2n) is 7.20. The van der Waals surface area contributed by atoms with Crippen LogP contribution in [0.2, 0.25) is 0 Å². The van der Waals surface area contributed by atoms with Gasteiger partial charge in [0.25, 0.3) is 5.91 Å². The number of carbonyl (C=O) groups is 1. The van der Waals surface area contributed by atoms with Gasteiger partial charge in [-0.05, 0) is 55.3 Å². The molecule has 27 heavy (non-hydrogen) atoms. The Morgan fingerprint density at radius 1 is 1.19 bits per heavy atom. The predicted octanol–water partition coefficient (Wildman–Crippen LogP) is 3.23. The Labute approximate surface area is 163 Å². The Morgan fingerprint density at radius 2 is 1.89 bits per heavy atom. The van der Waals surface area contributed by atoms with Gasteiger partial charge in [-0.1, -0.05) is 17.4 Å². The molecule has 0 spiro atoms. The fourth-order valence-electron chi connectivity index (χ4n) is 3.10. The van der Waals surface area contributed by atoms with Crippen molar-refractivity contribution in [1.29, 1.82) is 0 Å². The Balaban J connectivity index is 1.97. The van der Waals surface area contributed by atoms with Crippen molar-refractivity contribution in [2.45, 2.75) is 20.3 Å². The lowest BCUT2D eigenvalue weighted by Crippen LogP contribution is -3.05. The quantitative estimate of drug-likeness (QED) is 0.706. The zero-order valence-corrected chi connectivity index (χ0v) is 17.0. The molecule has 3 aromatic rings. The SMILES string of the molecule is Cc1cc(C)c2nc(N(CCC[NH+](C)C)C(=O)c3ccc(F)cc3)sc2c1. The van der Waals surface area contributed by atoms with Crippen LogP contribution in [-0.2, 0) is 0 Å². The highest BCUT2D eigenvalue weighted by molar-refractivity contribution is 7.22. The van der Waals surface area contributed by atoms with Crippen LogP contribution in [0, 0.1) is 19.7 Å². The lowest BCUT2D eigenvalue weighted by Gasteiger charge is -2.20. The molecule has 0 radical (unpaired) electrons. The topological polar surface area (TPSA) is 37.6 Å². The number of carbonyl (C=O) groups excluding carboxylic acids is 1. The first-order valence-corrected chi connectivity index (χ1v) is 9.91. The normalized spacial score (nSPS) is 11.3. The third-order valence-electron chi connectivity index (χ3n) is 4.44. The number of halogens is 1. The number of quaternary nitrogens is 1. The van der Waals surface area contributed by atoms with Gasteiger partial charge in [0.1, 0.15) is 5.82 Å². The molecule has 0 aliphatic carbocycles. The number of benzene rings is 2. The number of amides is 1. The highest BCUT2D eigenvalue weighted by Crippen LogP contribution is 2.32. The number of hydrogen-bond acceptors (Lipinski definition) is 3. The molecular weight excluding hydrogens is 361 g/mol. The molecule has 0 atom stereocenters. The van der Waals surface area contributed by atoms with Gasteiger partial charge in [-0.25, -0.2) is 9.37 Å². The lowest BCUT2D eigenvalue weighted by atomic mass is 10.1. The number of hydrogen-bond donors (Lipinski definition) is 1. The van der Waals surface area contributed by atoms with Crippen LogP contribution in [0.4, 0.5) is 9.52 Å². The van der Waals surface area contributed by atoms with Crippen LogP contribution in [-0.4, -0.2) is 38.1 Å². The number of nitrogens with one attached hydrogen (secondary N) is 1. The number of nitrogens with zero attached hydrogens (tertiary/aromatic N) is 2. The fraction of sp³-hybridized carbons (Fsp3) is 0.333. The lowest BCUT2D eigenvalue weighted by molar-refractivity contribution is -0.858. The van der Waals surface area contributed by atoms with Crippen LogP contribution in [0.25, 0.3) is 10.2 Å². The summed E-state index contributed by atoms with van der Waals surface area (Å²) in [7, 11) is 4.19. The van der Waals surface area contributed by atoms with Gasteiger partial charge in [-0.15, -0.1) is 0 Å². The molecule has 1 heterocycles. The van der Waals surface area contributed by atoms with Gasteiger partial charge < -0.3 is 4.90 Å². The standard InChI is InChI=1S/C21H24FN3OS/c1-14-12-15(2)19-18(13-14)27-21(23-19)25(11-5-10-24(3)4)20(26)16-6-8-17(22)9-7-16/h6-9,12-13H,5,10-11H2,1-4H3/p+1. The maximum atomic E-state index is 13.2. The zero-order valence-electron chi connectivity index (χ0n) is 16.2. The van der Waals surface area contributed by atoms with E-state index in [1.54, 1.807) is 4.90 Å². The molecule has 0 aliphatic heterocycles. The highest BCUT2D eigenvalue weighted by atomic mass is 32.1. The van der Waals surface area contributed by atoms with E-state index in [0.29, 0.717) is 17.2 Å². The Morgan fingerprint density at radius 3 is 2.56 bits per heavy atom. The minimum Gasteiger partial charge on any atom is -0.340 e. The van der Waals surface area contributed by atoms with Crippen molar-refractivity contribution in [3.63, 3.8) is 0 Å². The molecule has 0 unspecified atom stereocenters. The molecule has 0 bridgehead atoms. The monoisotopic (exact) mass is 386 g/mol. The molecule has 2 aromatic carbocycles. The molecule has 0 fully saturated rings. The van der Waals surface area contributed by atoms with Crippen molar-refractivity contribution in [3.05, 3.63) is 58.9 Å². The summed E-state index contributed by atoms with van der Waals surface area (Å²) in [6.07, 6.45) is 0.864. The summed E-state index contributed by atoms with van der Waals surface area (Å²) >= 11 is 1.53. The molecule has 3 rings (SSSR count). The summed E-state index contributed by atoms with van der Waals surface area (Å²) < 4.78 is 14.3. The van der Waals surface area contributed by atoms with Crippen LogP contribution in [0.5, 0.6) is 0 Å². The van der Waals surface area contributed by atoms with Gasteiger partial charge in [0, 0.05) is 18.5 Å². The van der Waals surface area contributed by atoms with Crippen molar-refractivity contribution < 1.29 is 14.1 Å². The smallest absolute Gasteiger partial charge is 0.260 e. The van der Waals surface area contributed by atoms with E-state index in [9.17, 15) is 9.18 Å². The number of fused-ring (bicyclic) bond motifs is 1. The molecule has 142 valence electrons. The summed E-state index contributed by atoms with van der Waals surface area (Å²) in [6, 6.07) is 9.92. The van der Waals surface area contributed by atoms with Gasteiger partial charge in [-0.3, -0.25) is 9.69 Å². The molecule has 1 amide bonds. The molecular formula is C21H25FN3OS+. The first-order valence-electron chi connectivity index (χ1n) is 9.09. The van der Waals surface area contributed by atoms with Gasteiger partial charge in [0.05, 0.1) is 30.9 Å². The van der Waals surface area contributed by atoms with Crippen LogP contribution in [0.1, 0.15) is 27.9 Å². The second-order valence-corrected chi connectivity index (χ2v) is 8.21. The van der Waals surface area contributed by atoms with Crippen LogP contribution in [0.15, 0.2) is 36.4 Å². The summed E-state index contributed by atoms with van der Waals surface area (Å²) in [5.41, 5.74) is 3.71. The maximum absolute atomic E-state index is 13.2. The van der Waals surface area contributed by atoms with Gasteiger partial charge in [0.15, 0.2) is 5.13 Å². The molecule has 1 aromatic heterocycles. The van der Waals surface area contributed by atoms with E-state index in [4.69, 9.17) is 4.98 Å². The summed E-state index contributed by atoms with van der Waals surface area (Å²) in [5.74, 6) is -0.488. The van der Waals surface area contributed by atoms with Gasteiger partial charge in [0.2, 0.25) is 0 Å². The van der Waals surface area contributed by atoms with Crippen molar-refractivity contribution in [2.75, 3.05) is 32.1 Å². The van der Waals surface area contributed by atoms with Crippen molar-refractivity contribution in [2.24, 2.45) is 0 Å². The number of aromatic nitrogens is 1. The zero-order chi connectivity index (χ0) is 19.6. The minimum atomic E-state index is -0.347. The molecule has 6 heteroatoms. The predicted molar refractivity (Wildman–Crippen MR) is 109 cm³/mol. The minimum absolute atomic E-state index is 0.141. The van der Waals surface area contributed by atoms with E-state index in [-0.39, 0.29) is 11.7 Å². The third-order valence-corrected chi connectivity index (χ3v) is 5.47. The number of rotatable bonds is 6. The summed E-state index contributed by atoms with van der Waals surface area (Å²) in [6.45, 7) is 5.64. The number of aryl methyl sites for hydroxylation is 2. The van der Waals surface area contributed by atoms with Crippen molar-refractivity contribution in [3.8, 4) is 0 Å². The van der Waals surface area contributed by atoms with Gasteiger partial charge >= 0.3 is 0 Å². The first-order chi connectivity index (χ1) is 12.8. The van der Waals surface area contributed by atoms with Crippen molar-refractivity contribution in [1.82, 2.24) is 4.98 Å². The highest BCUT2D eigenvalue weighted by Gasteiger charge is 2.22. The van der Waals surface area contributed by atoms with E-state index in [0.717, 1.165) is 28.7 Å². The molecule has 0 saturated heterocycles. The molecule has 4 nitrogen and oxygen atoms in total. The van der Waals surface area contributed by atoms with Crippen LogP contribution in [0.3, 0.4) is 0 Å². The van der Waals surface area contributed by atoms with E-state index in [1.807, 2.05) is 6.92 Å². The summed E-state index contributed by atoms with van der Waals surface area (Å²) in [4.78, 5) is 20.9. The molecule has 1 N–H and O–H groups in total. The van der Waals surface area contributed by atoms with Crippen LogP contribution < -0.4 is 9.80 Å². The first kappa shape index (κ1) is 19.5. The van der Waals surface area contributed by atoms with Crippen LogP contribution >= 0.6 is 11.3 Å². The van der Waals surface area contributed by atoms with E-state index in [1.165, 1.54) is 46.1 Å².